The van der Waals surface area contributed by atoms with Gasteiger partial charge in [0.1, 0.15) is 5.65 Å². The van der Waals surface area contributed by atoms with Crippen molar-refractivity contribution >= 4 is 23.1 Å². The van der Waals surface area contributed by atoms with Crippen molar-refractivity contribution < 1.29 is 9.59 Å². The van der Waals surface area contributed by atoms with Crippen LogP contribution in [0.1, 0.15) is 6.42 Å². The average molecular weight is 313 g/mol. The van der Waals surface area contributed by atoms with Crippen LogP contribution < -0.4 is 5.32 Å². The smallest absolute Gasteiger partial charge is 0.229 e. The van der Waals surface area contributed by atoms with Crippen molar-refractivity contribution in [1.82, 2.24) is 19.2 Å². The van der Waals surface area contributed by atoms with Gasteiger partial charge in [0.15, 0.2) is 0 Å². The Balaban J connectivity index is 1.42. The molecule has 1 unspecified atom stereocenters. The van der Waals surface area contributed by atoms with E-state index in [1.54, 1.807) is 6.20 Å². The number of likely N-dealkylation sites (tertiary alicyclic amines) is 2. The molecule has 4 heterocycles. The van der Waals surface area contributed by atoms with E-state index in [1.165, 1.54) is 0 Å². The fourth-order valence-corrected chi connectivity index (χ4v) is 3.36. The maximum atomic E-state index is 12.4. The van der Waals surface area contributed by atoms with Gasteiger partial charge >= 0.3 is 0 Å². The highest BCUT2D eigenvalue weighted by Crippen LogP contribution is 2.25. The average Bonchev–Trinajstić information content (AvgIpc) is 3.10. The van der Waals surface area contributed by atoms with Gasteiger partial charge in [-0.1, -0.05) is 0 Å². The Hall–Kier alpha value is -2.41. The van der Waals surface area contributed by atoms with Crippen LogP contribution in [0.15, 0.2) is 30.7 Å². The molecule has 0 bridgehead atoms. The maximum Gasteiger partial charge on any atom is 0.229 e. The second-order valence-corrected chi connectivity index (χ2v) is 6.42. The molecule has 2 aliphatic rings. The van der Waals surface area contributed by atoms with E-state index in [-0.39, 0.29) is 23.8 Å². The van der Waals surface area contributed by atoms with E-state index >= 15 is 0 Å². The summed E-state index contributed by atoms with van der Waals surface area (Å²) >= 11 is 0. The van der Waals surface area contributed by atoms with Crippen LogP contribution in [0.3, 0.4) is 0 Å². The molecule has 1 N–H and O–H groups in total. The number of nitrogens with one attached hydrogen (secondary N) is 1. The normalized spacial score (nSPS) is 22.6. The summed E-state index contributed by atoms with van der Waals surface area (Å²) in [5.41, 5.74) is 1.49. The number of fused-ring (bicyclic) bond motifs is 1. The largest absolute Gasteiger partial charge is 0.336 e. The summed E-state index contributed by atoms with van der Waals surface area (Å²) < 4.78 is 1.88. The van der Waals surface area contributed by atoms with Gasteiger partial charge in [-0.05, 0) is 13.1 Å². The van der Waals surface area contributed by atoms with E-state index < -0.39 is 0 Å². The Bertz CT molecular complexity index is 765. The summed E-state index contributed by atoms with van der Waals surface area (Å²) in [5, 5.41) is 2.91. The second kappa shape index (κ2) is 5.34. The van der Waals surface area contributed by atoms with Gasteiger partial charge in [0.05, 0.1) is 12.0 Å². The van der Waals surface area contributed by atoms with Gasteiger partial charge in [0, 0.05) is 56.4 Å². The van der Waals surface area contributed by atoms with Crippen LogP contribution in [0.4, 0.5) is 5.69 Å². The Morgan fingerprint density at radius 2 is 2.13 bits per heavy atom. The molecule has 7 heteroatoms. The second-order valence-electron chi connectivity index (χ2n) is 6.42. The van der Waals surface area contributed by atoms with Gasteiger partial charge in [-0.25, -0.2) is 4.98 Å². The van der Waals surface area contributed by atoms with Crippen LogP contribution in [-0.4, -0.2) is 63.7 Å². The van der Waals surface area contributed by atoms with Gasteiger partial charge in [-0.2, -0.15) is 0 Å². The predicted molar refractivity (Wildman–Crippen MR) is 84.9 cm³/mol. The highest BCUT2D eigenvalue weighted by Gasteiger charge is 2.41. The molecule has 0 radical (unpaired) electrons. The van der Waals surface area contributed by atoms with Gasteiger partial charge in [-0.15, -0.1) is 0 Å². The first-order valence-electron chi connectivity index (χ1n) is 7.82. The first kappa shape index (κ1) is 14.2. The van der Waals surface area contributed by atoms with Crippen molar-refractivity contribution in [3.63, 3.8) is 0 Å². The van der Waals surface area contributed by atoms with Gasteiger partial charge < -0.3 is 19.5 Å². The highest BCUT2D eigenvalue weighted by atomic mass is 16.2. The molecule has 23 heavy (non-hydrogen) atoms. The molecule has 4 rings (SSSR count). The fourth-order valence-electron chi connectivity index (χ4n) is 3.36. The third-order valence-corrected chi connectivity index (χ3v) is 4.68. The van der Waals surface area contributed by atoms with Gasteiger partial charge in [0.2, 0.25) is 11.8 Å². The summed E-state index contributed by atoms with van der Waals surface area (Å²) in [6, 6.07) is 3.93. The zero-order valence-corrected chi connectivity index (χ0v) is 13.0. The minimum Gasteiger partial charge on any atom is -0.336 e. The van der Waals surface area contributed by atoms with Crippen LogP contribution in [-0.2, 0) is 9.59 Å². The predicted octanol–water partition coefficient (Wildman–Crippen LogP) is 0.435. The number of nitrogens with zero attached hydrogens (tertiary/aromatic N) is 4. The van der Waals surface area contributed by atoms with Crippen LogP contribution in [0.5, 0.6) is 0 Å². The minimum absolute atomic E-state index is 0.0898. The lowest BCUT2D eigenvalue weighted by Gasteiger charge is -2.42. The number of rotatable bonds is 3. The number of hydrogen-bond donors (Lipinski definition) is 1. The van der Waals surface area contributed by atoms with E-state index in [0.29, 0.717) is 18.7 Å². The first-order chi connectivity index (χ1) is 11.1. The quantitative estimate of drug-likeness (QED) is 0.892. The van der Waals surface area contributed by atoms with E-state index in [2.05, 4.69) is 15.2 Å². The van der Waals surface area contributed by atoms with Gasteiger partial charge in [0.25, 0.3) is 0 Å². The van der Waals surface area contributed by atoms with Crippen LogP contribution in [0, 0.1) is 5.92 Å². The van der Waals surface area contributed by atoms with Crippen LogP contribution >= 0.6 is 0 Å². The number of carbonyl (C=O) groups is 2. The Labute approximate surface area is 133 Å². The topological polar surface area (TPSA) is 69.9 Å². The summed E-state index contributed by atoms with van der Waals surface area (Å²) in [4.78, 5) is 32.8. The molecule has 1 atom stereocenters. The number of pyridine rings is 1. The molecule has 2 fully saturated rings. The summed E-state index contributed by atoms with van der Waals surface area (Å²) in [6.07, 6.45) is 5.72. The van der Waals surface area contributed by atoms with Crippen molar-refractivity contribution in [3.8, 4) is 0 Å². The molecule has 2 aromatic rings. The fraction of sp³-hybridized carbons (Fsp3) is 0.438. The van der Waals surface area contributed by atoms with Crippen molar-refractivity contribution in [3.05, 3.63) is 30.7 Å². The zero-order valence-electron chi connectivity index (χ0n) is 13.0. The van der Waals surface area contributed by atoms with Crippen LogP contribution in [0.25, 0.3) is 5.65 Å². The SMILES string of the molecule is CN1CC(N2CC(C(=O)Nc3ccn4ccnc4c3)CC2=O)C1. The summed E-state index contributed by atoms with van der Waals surface area (Å²) in [7, 11) is 2.03. The van der Waals surface area contributed by atoms with E-state index in [1.807, 2.05) is 40.9 Å². The van der Waals surface area contributed by atoms with E-state index in [9.17, 15) is 9.59 Å². The lowest BCUT2D eigenvalue weighted by atomic mass is 10.1. The number of carbonyl (C=O) groups excluding carboxylic acids is 2. The number of anilines is 1. The molecule has 0 aromatic carbocycles. The minimum atomic E-state index is -0.274. The summed E-state index contributed by atoms with van der Waals surface area (Å²) in [6.45, 7) is 2.32. The number of hydrogen-bond acceptors (Lipinski definition) is 4. The molecule has 0 aliphatic carbocycles. The first-order valence-corrected chi connectivity index (χ1v) is 7.82. The lowest BCUT2D eigenvalue weighted by molar-refractivity contribution is -0.132. The molecule has 2 aliphatic heterocycles. The third kappa shape index (κ3) is 2.57. The van der Waals surface area contributed by atoms with Crippen molar-refractivity contribution in [2.24, 2.45) is 5.92 Å². The summed E-state index contributed by atoms with van der Waals surface area (Å²) in [5.74, 6) is -0.277. The Kier molecular flexibility index (Phi) is 3.30. The molecule has 2 aromatic heterocycles. The number of amides is 2. The lowest BCUT2D eigenvalue weighted by Crippen LogP contribution is -2.58. The van der Waals surface area contributed by atoms with Crippen molar-refractivity contribution in [1.29, 1.82) is 0 Å². The molecule has 2 amide bonds. The molecule has 120 valence electrons. The molecule has 7 nitrogen and oxygen atoms in total. The Morgan fingerprint density at radius 1 is 1.30 bits per heavy atom. The molecular formula is C16H19N5O2. The zero-order chi connectivity index (χ0) is 16.0. The molecule has 0 saturated carbocycles. The maximum absolute atomic E-state index is 12.4. The van der Waals surface area contributed by atoms with Gasteiger partial charge in [-0.3, -0.25) is 9.59 Å². The number of imidazole rings is 1. The van der Waals surface area contributed by atoms with Crippen LogP contribution in [0.2, 0.25) is 0 Å². The molecular weight excluding hydrogens is 294 g/mol. The standard InChI is InChI=1S/C16H19N5O2/c1-19-9-13(10-19)21-8-11(6-15(21)22)16(23)18-12-2-4-20-5-3-17-14(20)7-12/h2-5,7,11,13H,6,8-10H2,1H3,(H,18,23). The number of likely N-dealkylation sites (N-methyl/N-ethyl adjacent to an activating group) is 1. The number of aromatic nitrogens is 2. The van der Waals surface area contributed by atoms with Crippen molar-refractivity contribution in [2.45, 2.75) is 12.5 Å². The third-order valence-electron chi connectivity index (χ3n) is 4.68. The molecule has 0 spiro atoms. The van der Waals surface area contributed by atoms with E-state index in [0.717, 1.165) is 18.7 Å². The highest BCUT2D eigenvalue weighted by molar-refractivity contribution is 5.97. The molecule has 2 saturated heterocycles. The monoisotopic (exact) mass is 313 g/mol. The van der Waals surface area contributed by atoms with Crippen molar-refractivity contribution in [2.75, 3.05) is 32.0 Å². The van der Waals surface area contributed by atoms with E-state index in [4.69, 9.17) is 0 Å². The Morgan fingerprint density at radius 3 is 2.91 bits per heavy atom.